The van der Waals surface area contributed by atoms with Gasteiger partial charge in [-0.1, -0.05) is 0 Å². The molecule has 2 fully saturated rings. The summed E-state index contributed by atoms with van der Waals surface area (Å²) in [5.74, 6) is -0.834. The third-order valence-electron chi connectivity index (χ3n) is 5.33. The number of piperazine rings is 1. The number of rotatable bonds is 3. The first-order valence-corrected chi connectivity index (χ1v) is 9.70. The monoisotopic (exact) mass is 500 g/mol. The highest BCUT2D eigenvalue weighted by Gasteiger charge is 2.53. The Kier molecular flexibility index (Phi) is 6.82. The van der Waals surface area contributed by atoms with Crippen molar-refractivity contribution in [2.45, 2.75) is 24.7 Å². The van der Waals surface area contributed by atoms with Gasteiger partial charge in [-0.05, 0) is 12.1 Å². The van der Waals surface area contributed by atoms with Crippen molar-refractivity contribution < 1.29 is 50.3 Å². The van der Waals surface area contributed by atoms with Gasteiger partial charge in [0.1, 0.15) is 5.56 Å². The van der Waals surface area contributed by atoms with Crippen LogP contribution in [0.5, 0.6) is 0 Å². The first-order valence-electron chi connectivity index (χ1n) is 9.70. The second kappa shape index (κ2) is 9.15. The number of anilines is 1. The minimum atomic E-state index is -5.21. The minimum absolute atomic E-state index is 0.0137. The van der Waals surface area contributed by atoms with Gasteiger partial charge in [-0.2, -0.15) is 26.3 Å². The van der Waals surface area contributed by atoms with Crippen LogP contribution >= 0.6 is 0 Å². The molecule has 16 heteroatoms. The summed E-state index contributed by atoms with van der Waals surface area (Å²) in [5.41, 5.74) is -3.70. The molecule has 0 N–H and O–H groups in total. The Hall–Kier alpha value is -3.30. The van der Waals surface area contributed by atoms with E-state index < -0.39 is 65.1 Å². The summed E-state index contributed by atoms with van der Waals surface area (Å²) in [6.07, 6.45) is -15.3. The van der Waals surface area contributed by atoms with Crippen molar-refractivity contribution in [3.63, 3.8) is 0 Å². The second-order valence-electron chi connectivity index (χ2n) is 7.41. The number of hydrogen-bond acceptors (Lipinski definition) is 7. The smallest absolute Gasteiger partial charge is 0.433 e. The van der Waals surface area contributed by atoms with Crippen LogP contribution in [-0.4, -0.2) is 85.1 Å². The number of alkyl halides is 6. The number of halogens is 6. The van der Waals surface area contributed by atoms with Gasteiger partial charge in [0.2, 0.25) is 6.23 Å². The lowest BCUT2D eigenvalue weighted by molar-refractivity contribution is -0.388. The van der Waals surface area contributed by atoms with Crippen LogP contribution in [0.15, 0.2) is 18.2 Å². The van der Waals surface area contributed by atoms with E-state index in [4.69, 9.17) is 4.74 Å². The molecule has 34 heavy (non-hydrogen) atoms. The predicted molar refractivity (Wildman–Crippen MR) is 101 cm³/mol. The zero-order chi connectivity index (χ0) is 25.4. The number of benzene rings is 1. The van der Waals surface area contributed by atoms with Crippen LogP contribution in [0.3, 0.4) is 0 Å². The summed E-state index contributed by atoms with van der Waals surface area (Å²) >= 11 is 0. The lowest BCUT2D eigenvalue weighted by Crippen LogP contribution is -2.53. The lowest BCUT2D eigenvalue weighted by Gasteiger charge is -2.34. The average Bonchev–Trinajstić information content (AvgIpc) is 3.23. The number of carbonyl (C=O) groups excluding carboxylic acids is 2. The molecule has 0 radical (unpaired) electrons. The normalized spacial score (nSPS) is 21.6. The largest absolute Gasteiger partial charge is 0.453 e. The highest BCUT2D eigenvalue weighted by molar-refractivity contribution is 5.83. The SMILES string of the molecule is COC(=O)N1CCN(C(=O)C2CN(c3ccc([N+](=O)[O-])c(C(F)(F)F)c3)C(C(F)(F)F)O2)CC1. The molecule has 3 rings (SSSR count). The van der Waals surface area contributed by atoms with E-state index in [0.717, 1.165) is 6.07 Å². The molecule has 0 aromatic heterocycles. The highest BCUT2D eigenvalue weighted by Crippen LogP contribution is 2.41. The van der Waals surface area contributed by atoms with Crippen LogP contribution in [0, 0.1) is 10.1 Å². The summed E-state index contributed by atoms with van der Waals surface area (Å²) < 4.78 is 90.2. The molecule has 188 valence electrons. The third kappa shape index (κ3) is 5.10. The first-order chi connectivity index (χ1) is 15.7. The van der Waals surface area contributed by atoms with Crippen molar-refractivity contribution in [3.05, 3.63) is 33.9 Å². The van der Waals surface area contributed by atoms with Gasteiger partial charge in [-0.15, -0.1) is 0 Å². The zero-order valence-electron chi connectivity index (χ0n) is 17.4. The van der Waals surface area contributed by atoms with Crippen molar-refractivity contribution in [2.24, 2.45) is 0 Å². The topological polar surface area (TPSA) is 105 Å². The fourth-order valence-electron chi connectivity index (χ4n) is 3.71. The molecule has 2 atom stereocenters. The van der Waals surface area contributed by atoms with E-state index in [2.05, 4.69) is 4.74 Å². The molecule has 2 heterocycles. The Labute approximate surface area is 187 Å². The van der Waals surface area contributed by atoms with E-state index in [1.807, 2.05) is 0 Å². The maximum Gasteiger partial charge on any atom is 0.433 e. The van der Waals surface area contributed by atoms with E-state index in [-0.39, 0.29) is 32.2 Å². The number of ether oxygens (including phenoxy) is 2. The van der Waals surface area contributed by atoms with Gasteiger partial charge < -0.3 is 24.2 Å². The average molecular weight is 500 g/mol. The summed E-state index contributed by atoms with van der Waals surface area (Å²) in [7, 11) is 1.17. The standard InChI is InChI=1S/C18H18F6N4O6/c1-33-16(30)26-6-4-25(5-7-26)14(29)13-9-27(15(34-13)18(22,23)24)10-2-3-12(28(31)32)11(8-10)17(19,20)21/h2-3,8,13,15H,4-7,9H2,1H3. The maximum absolute atomic E-state index is 13.6. The van der Waals surface area contributed by atoms with Gasteiger partial charge in [0, 0.05) is 37.9 Å². The molecule has 0 bridgehead atoms. The summed E-state index contributed by atoms with van der Waals surface area (Å²) in [6.45, 7) is -0.639. The number of carbonyl (C=O) groups is 2. The van der Waals surface area contributed by atoms with Gasteiger partial charge in [0.25, 0.3) is 11.6 Å². The number of methoxy groups -OCH3 is 1. The van der Waals surface area contributed by atoms with Gasteiger partial charge in [-0.3, -0.25) is 14.9 Å². The predicted octanol–water partition coefficient (Wildman–Crippen LogP) is 2.62. The van der Waals surface area contributed by atoms with Crippen LogP contribution in [0.2, 0.25) is 0 Å². The van der Waals surface area contributed by atoms with Gasteiger partial charge in [0.15, 0.2) is 6.10 Å². The molecule has 1 aromatic rings. The molecule has 0 aliphatic carbocycles. The molecule has 2 aliphatic heterocycles. The summed E-state index contributed by atoms with van der Waals surface area (Å²) in [6, 6.07) is 1.41. The van der Waals surface area contributed by atoms with E-state index in [0.29, 0.717) is 11.0 Å². The van der Waals surface area contributed by atoms with Crippen LogP contribution < -0.4 is 4.90 Å². The number of nitrogens with zero attached hydrogens (tertiary/aromatic N) is 4. The summed E-state index contributed by atoms with van der Waals surface area (Å²) in [5, 5.41) is 10.9. The van der Waals surface area contributed by atoms with Crippen molar-refractivity contribution >= 4 is 23.4 Å². The quantitative estimate of drug-likeness (QED) is 0.357. The minimum Gasteiger partial charge on any atom is -0.453 e. The van der Waals surface area contributed by atoms with Gasteiger partial charge in [0.05, 0.1) is 18.6 Å². The van der Waals surface area contributed by atoms with Crippen LogP contribution in [-0.2, 0) is 20.4 Å². The van der Waals surface area contributed by atoms with Crippen molar-refractivity contribution in [2.75, 3.05) is 44.7 Å². The van der Waals surface area contributed by atoms with E-state index in [1.165, 1.54) is 16.9 Å². The van der Waals surface area contributed by atoms with Crippen molar-refractivity contribution in [3.8, 4) is 0 Å². The van der Waals surface area contributed by atoms with E-state index in [9.17, 15) is 46.0 Å². The molecule has 0 saturated carbocycles. The number of nitro benzene ring substituents is 1. The number of nitro groups is 1. The number of hydrogen-bond donors (Lipinski definition) is 0. The van der Waals surface area contributed by atoms with Crippen LogP contribution in [0.25, 0.3) is 0 Å². The molecule has 0 spiro atoms. The van der Waals surface area contributed by atoms with Crippen molar-refractivity contribution in [1.29, 1.82) is 0 Å². The molecule has 2 aliphatic rings. The molecule has 10 nitrogen and oxygen atoms in total. The van der Waals surface area contributed by atoms with E-state index in [1.54, 1.807) is 0 Å². The Morgan fingerprint density at radius 1 is 1.09 bits per heavy atom. The van der Waals surface area contributed by atoms with Gasteiger partial charge >= 0.3 is 18.4 Å². The van der Waals surface area contributed by atoms with E-state index >= 15 is 0 Å². The maximum atomic E-state index is 13.6. The zero-order valence-corrected chi connectivity index (χ0v) is 17.4. The van der Waals surface area contributed by atoms with Crippen molar-refractivity contribution in [1.82, 2.24) is 9.80 Å². The van der Waals surface area contributed by atoms with Crippen LogP contribution in [0.4, 0.5) is 42.5 Å². The molecule has 1 aromatic carbocycles. The molecule has 2 amide bonds. The molecular formula is C18H18F6N4O6. The molecular weight excluding hydrogens is 482 g/mol. The Morgan fingerprint density at radius 3 is 2.18 bits per heavy atom. The molecule has 2 unspecified atom stereocenters. The fourth-order valence-corrected chi connectivity index (χ4v) is 3.71. The second-order valence-corrected chi connectivity index (χ2v) is 7.41. The lowest BCUT2D eigenvalue weighted by atomic mass is 10.1. The van der Waals surface area contributed by atoms with Gasteiger partial charge in [-0.25, -0.2) is 4.79 Å². The number of amides is 2. The summed E-state index contributed by atoms with van der Waals surface area (Å²) in [4.78, 5) is 36.8. The molecule has 2 saturated heterocycles. The van der Waals surface area contributed by atoms with Crippen LogP contribution in [0.1, 0.15) is 5.56 Å². The Bertz CT molecular complexity index is 963. The Balaban J connectivity index is 1.84. The Morgan fingerprint density at radius 2 is 1.68 bits per heavy atom. The highest BCUT2D eigenvalue weighted by atomic mass is 19.4. The first kappa shape index (κ1) is 25.3. The third-order valence-corrected chi connectivity index (χ3v) is 5.33. The fraction of sp³-hybridized carbons (Fsp3) is 0.556.